The molecule has 1 fully saturated rings. The van der Waals surface area contributed by atoms with Crippen LogP contribution in [0.2, 0.25) is 0 Å². The number of anilines is 2. The molecule has 0 atom stereocenters. The molecule has 7 heteroatoms. The van der Waals surface area contributed by atoms with Crippen LogP contribution in [0, 0.1) is 0 Å². The minimum Gasteiger partial charge on any atom is -0.325 e. The van der Waals surface area contributed by atoms with Gasteiger partial charge in [0.25, 0.3) is 0 Å². The van der Waals surface area contributed by atoms with Crippen LogP contribution < -0.4 is 15.5 Å². The molecular formula is C12H14N4O3. The number of pyridine rings is 1. The van der Waals surface area contributed by atoms with E-state index in [1.54, 1.807) is 19.1 Å². The maximum Gasteiger partial charge on any atom is 0.329 e. The second-order valence-corrected chi connectivity index (χ2v) is 4.06. The van der Waals surface area contributed by atoms with E-state index in [4.69, 9.17) is 0 Å². The summed E-state index contributed by atoms with van der Waals surface area (Å²) in [5.74, 6) is 0.0587. The average molecular weight is 262 g/mol. The molecule has 1 saturated heterocycles. The molecule has 0 spiro atoms. The van der Waals surface area contributed by atoms with Gasteiger partial charge in [0, 0.05) is 19.4 Å². The Hall–Kier alpha value is -2.44. The lowest BCUT2D eigenvalue weighted by atomic mass is 10.3. The molecule has 0 radical (unpaired) electrons. The Morgan fingerprint density at radius 2 is 2.26 bits per heavy atom. The lowest BCUT2D eigenvalue weighted by Crippen LogP contribution is -2.49. The molecular weight excluding hydrogens is 248 g/mol. The summed E-state index contributed by atoms with van der Waals surface area (Å²) in [6, 6.07) is 2.81. The lowest BCUT2D eigenvalue weighted by Gasteiger charge is -2.25. The fourth-order valence-electron chi connectivity index (χ4n) is 1.65. The van der Waals surface area contributed by atoms with Crippen LogP contribution in [0.1, 0.15) is 19.8 Å². The van der Waals surface area contributed by atoms with Gasteiger partial charge in [-0.1, -0.05) is 6.92 Å². The summed E-state index contributed by atoms with van der Waals surface area (Å²) in [5, 5.41) is 4.89. The van der Waals surface area contributed by atoms with Crippen molar-refractivity contribution in [1.29, 1.82) is 0 Å². The maximum atomic E-state index is 11.6. The Kier molecular flexibility index (Phi) is 3.74. The normalized spacial score (nSPS) is 15.1. The first-order valence-corrected chi connectivity index (χ1v) is 5.97. The van der Waals surface area contributed by atoms with E-state index in [-0.39, 0.29) is 18.2 Å². The Bertz CT molecular complexity index is 512. The van der Waals surface area contributed by atoms with Gasteiger partial charge in [0.05, 0.1) is 11.9 Å². The average Bonchev–Trinajstić information content (AvgIpc) is 2.40. The number of aromatic nitrogens is 1. The van der Waals surface area contributed by atoms with Gasteiger partial charge in [-0.15, -0.1) is 0 Å². The van der Waals surface area contributed by atoms with Crippen molar-refractivity contribution in [1.82, 2.24) is 10.3 Å². The largest absolute Gasteiger partial charge is 0.329 e. The molecule has 0 saturated carbocycles. The van der Waals surface area contributed by atoms with Crippen LogP contribution in [-0.2, 0) is 9.59 Å². The lowest BCUT2D eigenvalue weighted by molar-refractivity contribution is -0.120. The van der Waals surface area contributed by atoms with E-state index in [2.05, 4.69) is 15.6 Å². The zero-order valence-corrected chi connectivity index (χ0v) is 10.5. The van der Waals surface area contributed by atoms with Gasteiger partial charge in [0.2, 0.25) is 11.8 Å². The van der Waals surface area contributed by atoms with Crippen molar-refractivity contribution in [2.45, 2.75) is 19.8 Å². The number of hydrogen-bond donors (Lipinski definition) is 2. The summed E-state index contributed by atoms with van der Waals surface area (Å²) in [6.07, 6.45) is 2.12. The molecule has 7 nitrogen and oxygen atoms in total. The van der Waals surface area contributed by atoms with Gasteiger partial charge in [0.1, 0.15) is 5.82 Å². The summed E-state index contributed by atoms with van der Waals surface area (Å²) in [6.45, 7) is 2.06. The Labute approximate surface area is 110 Å². The Balaban J connectivity index is 2.08. The summed E-state index contributed by atoms with van der Waals surface area (Å²) in [7, 11) is 0. The summed E-state index contributed by atoms with van der Waals surface area (Å²) < 4.78 is 0. The molecule has 1 aliphatic rings. The van der Waals surface area contributed by atoms with Crippen LogP contribution in [0.4, 0.5) is 16.3 Å². The van der Waals surface area contributed by atoms with E-state index >= 15 is 0 Å². The predicted octanol–water partition coefficient (Wildman–Crippen LogP) is 0.876. The standard InChI is InChI=1S/C12H14N4O3/c1-2-10(17)14-8-3-4-9(13-7-8)16-6-5-11(18)15-12(16)19/h3-4,7H,2,5-6H2,1H3,(H,14,17)(H,15,18,19). The third-order valence-corrected chi connectivity index (χ3v) is 2.68. The van der Waals surface area contributed by atoms with Gasteiger partial charge in [-0.3, -0.25) is 19.8 Å². The molecule has 2 rings (SSSR count). The first-order valence-electron chi connectivity index (χ1n) is 5.97. The van der Waals surface area contributed by atoms with Gasteiger partial charge >= 0.3 is 6.03 Å². The molecule has 100 valence electrons. The van der Waals surface area contributed by atoms with Gasteiger partial charge in [-0.2, -0.15) is 0 Å². The zero-order chi connectivity index (χ0) is 13.8. The third-order valence-electron chi connectivity index (χ3n) is 2.68. The molecule has 0 bridgehead atoms. The molecule has 19 heavy (non-hydrogen) atoms. The number of hydrogen-bond acceptors (Lipinski definition) is 4. The van der Waals surface area contributed by atoms with E-state index < -0.39 is 6.03 Å². The number of carbonyl (C=O) groups is 3. The second kappa shape index (κ2) is 5.47. The van der Waals surface area contributed by atoms with Crippen LogP contribution in [0.25, 0.3) is 0 Å². The molecule has 2 heterocycles. The van der Waals surface area contributed by atoms with Gasteiger partial charge in [-0.05, 0) is 12.1 Å². The Morgan fingerprint density at radius 1 is 1.47 bits per heavy atom. The van der Waals surface area contributed by atoms with Gasteiger partial charge in [0.15, 0.2) is 0 Å². The highest BCUT2D eigenvalue weighted by atomic mass is 16.2. The molecule has 0 aromatic carbocycles. The van der Waals surface area contributed by atoms with E-state index in [1.165, 1.54) is 11.1 Å². The van der Waals surface area contributed by atoms with Crippen LogP contribution in [0.5, 0.6) is 0 Å². The summed E-state index contributed by atoms with van der Waals surface area (Å²) >= 11 is 0. The monoisotopic (exact) mass is 262 g/mol. The van der Waals surface area contributed by atoms with Crippen LogP contribution in [-0.4, -0.2) is 29.4 Å². The number of imide groups is 1. The highest BCUT2D eigenvalue weighted by molar-refractivity contribution is 6.05. The fourth-order valence-corrected chi connectivity index (χ4v) is 1.65. The molecule has 0 aliphatic carbocycles. The van der Waals surface area contributed by atoms with Crippen molar-refractivity contribution < 1.29 is 14.4 Å². The molecule has 4 amide bonds. The molecule has 2 N–H and O–H groups in total. The minimum atomic E-state index is -0.478. The number of nitrogens with one attached hydrogen (secondary N) is 2. The molecule has 0 unspecified atom stereocenters. The van der Waals surface area contributed by atoms with Crippen molar-refractivity contribution in [2.24, 2.45) is 0 Å². The predicted molar refractivity (Wildman–Crippen MR) is 68.7 cm³/mol. The molecule has 1 aliphatic heterocycles. The van der Waals surface area contributed by atoms with Crippen molar-refractivity contribution in [3.8, 4) is 0 Å². The van der Waals surface area contributed by atoms with Crippen molar-refractivity contribution in [3.05, 3.63) is 18.3 Å². The Morgan fingerprint density at radius 3 is 2.84 bits per heavy atom. The zero-order valence-electron chi connectivity index (χ0n) is 10.5. The van der Waals surface area contributed by atoms with Gasteiger partial charge < -0.3 is 5.32 Å². The van der Waals surface area contributed by atoms with E-state index in [9.17, 15) is 14.4 Å². The van der Waals surface area contributed by atoms with Gasteiger partial charge in [-0.25, -0.2) is 9.78 Å². The molecule has 1 aromatic heterocycles. The van der Waals surface area contributed by atoms with E-state index in [0.29, 0.717) is 24.5 Å². The SMILES string of the molecule is CCC(=O)Nc1ccc(N2CCC(=O)NC2=O)nc1. The van der Waals surface area contributed by atoms with Crippen molar-refractivity contribution >= 4 is 29.4 Å². The number of nitrogens with zero attached hydrogens (tertiary/aromatic N) is 2. The molecule has 1 aromatic rings. The smallest absolute Gasteiger partial charge is 0.325 e. The highest BCUT2D eigenvalue weighted by Gasteiger charge is 2.24. The number of rotatable bonds is 3. The minimum absolute atomic E-state index is 0.101. The first-order chi connectivity index (χ1) is 9.10. The number of urea groups is 1. The van der Waals surface area contributed by atoms with Crippen LogP contribution in [0.3, 0.4) is 0 Å². The topological polar surface area (TPSA) is 91.4 Å². The summed E-state index contributed by atoms with van der Waals surface area (Å²) in [5.41, 5.74) is 0.573. The first kappa shape index (κ1) is 13.0. The third kappa shape index (κ3) is 3.06. The maximum absolute atomic E-state index is 11.6. The highest BCUT2D eigenvalue weighted by Crippen LogP contribution is 2.16. The summed E-state index contributed by atoms with van der Waals surface area (Å²) in [4.78, 5) is 39.3. The van der Waals surface area contributed by atoms with Crippen molar-refractivity contribution in [3.63, 3.8) is 0 Å². The van der Waals surface area contributed by atoms with Crippen LogP contribution >= 0.6 is 0 Å². The second-order valence-electron chi connectivity index (χ2n) is 4.06. The van der Waals surface area contributed by atoms with E-state index in [0.717, 1.165) is 0 Å². The van der Waals surface area contributed by atoms with E-state index in [1.807, 2.05) is 0 Å². The fraction of sp³-hybridized carbons (Fsp3) is 0.333. The number of amides is 4. The van der Waals surface area contributed by atoms with Crippen LogP contribution in [0.15, 0.2) is 18.3 Å². The quantitative estimate of drug-likeness (QED) is 0.845. The van der Waals surface area contributed by atoms with Crippen molar-refractivity contribution in [2.75, 3.05) is 16.8 Å². The number of carbonyl (C=O) groups excluding carboxylic acids is 3.